The molecule has 0 saturated carbocycles. The number of halogens is 1. The highest BCUT2D eigenvalue weighted by molar-refractivity contribution is 7.88. The molecule has 2 aromatic carbocycles. The zero-order chi connectivity index (χ0) is 18.3. The summed E-state index contributed by atoms with van der Waals surface area (Å²) < 4.78 is 39.2. The Morgan fingerprint density at radius 2 is 1.80 bits per heavy atom. The number of sulfonamides is 1. The van der Waals surface area contributed by atoms with Gasteiger partial charge in [0.25, 0.3) is 5.91 Å². The van der Waals surface area contributed by atoms with Crippen LogP contribution in [0.3, 0.4) is 0 Å². The monoisotopic (exact) mass is 360 g/mol. The molecule has 0 aromatic heterocycles. The van der Waals surface area contributed by atoms with Crippen LogP contribution in [-0.4, -0.2) is 27.9 Å². The third-order valence-corrected chi connectivity index (χ3v) is 4.57. The number of carbonyl (C=O) groups is 1. The Hall–Kier alpha value is -2.69. The third-order valence-electron chi connectivity index (χ3n) is 3.27. The van der Waals surface area contributed by atoms with Gasteiger partial charge in [0, 0.05) is 12.6 Å². The maximum absolute atomic E-state index is 12.8. The van der Waals surface area contributed by atoms with Gasteiger partial charge < -0.3 is 5.32 Å². The highest BCUT2D eigenvalue weighted by atomic mass is 32.2. The van der Waals surface area contributed by atoms with Crippen molar-refractivity contribution >= 4 is 15.9 Å². The van der Waals surface area contributed by atoms with Crippen LogP contribution in [0.4, 0.5) is 4.39 Å². The lowest BCUT2D eigenvalue weighted by Crippen LogP contribution is -2.25. The highest BCUT2D eigenvalue weighted by Crippen LogP contribution is 2.07. The number of hydrogen-bond donors (Lipinski definition) is 2. The third kappa shape index (κ3) is 5.71. The van der Waals surface area contributed by atoms with E-state index < -0.39 is 15.8 Å². The lowest BCUT2D eigenvalue weighted by Gasteiger charge is -2.04. The lowest BCUT2D eigenvalue weighted by molar-refractivity contribution is 0.0963. The van der Waals surface area contributed by atoms with Crippen LogP contribution in [-0.2, 0) is 15.8 Å². The predicted octanol–water partition coefficient (Wildman–Crippen LogP) is 1.66. The Morgan fingerprint density at radius 3 is 2.48 bits per heavy atom. The number of hydrogen-bond acceptors (Lipinski definition) is 3. The second kappa shape index (κ2) is 8.42. The van der Waals surface area contributed by atoms with Gasteiger partial charge in [-0.05, 0) is 29.8 Å². The molecule has 5 nitrogen and oxygen atoms in total. The van der Waals surface area contributed by atoms with Crippen LogP contribution in [0, 0.1) is 17.7 Å². The molecule has 0 aliphatic rings. The fourth-order valence-corrected chi connectivity index (χ4v) is 3.09. The van der Waals surface area contributed by atoms with Gasteiger partial charge in [-0.1, -0.05) is 36.1 Å². The van der Waals surface area contributed by atoms with Gasteiger partial charge in [0.1, 0.15) is 5.82 Å². The van der Waals surface area contributed by atoms with E-state index in [1.807, 2.05) is 0 Å². The number of rotatable bonds is 5. The maximum Gasteiger partial charge on any atom is 0.252 e. The van der Waals surface area contributed by atoms with Crippen LogP contribution in [0.5, 0.6) is 0 Å². The van der Waals surface area contributed by atoms with Gasteiger partial charge in [-0.15, -0.1) is 0 Å². The summed E-state index contributed by atoms with van der Waals surface area (Å²) in [7, 11) is -2.06. The Morgan fingerprint density at radius 1 is 1.12 bits per heavy atom. The molecule has 0 aliphatic heterocycles. The molecule has 0 fully saturated rings. The van der Waals surface area contributed by atoms with Crippen molar-refractivity contribution in [3.8, 4) is 11.8 Å². The van der Waals surface area contributed by atoms with Gasteiger partial charge in [0.15, 0.2) is 0 Å². The van der Waals surface area contributed by atoms with Gasteiger partial charge in [-0.3, -0.25) is 4.79 Å². The zero-order valence-corrected chi connectivity index (χ0v) is 14.4. The molecule has 0 saturated heterocycles. The van der Waals surface area contributed by atoms with Crippen molar-refractivity contribution in [2.24, 2.45) is 0 Å². The van der Waals surface area contributed by atoms with E-state index in [0.717, 1.165) is 0 Å². The van der Waals surface area contributed by atoms with Crippen molar-refractivity contribution in [2.75, 3.05) is 13.6 Å². The second-order valence-corrected chi connectivity index (χ2v) is 6.94. The van der Waals surface area contributed by atoms with Gasteiger partial charge in [0.2, 0.25) is 10.0 Å². The zero-order valence-electron chi connectivity index (χ0n) is 13.5. The summed E-state index contributed by atoms with van der Waals surface area (Å²) in [6, 6.07) is 12.0. The maximum atomic E-state index is 12.8. The number of nitrogens with one attached hydrogen (secondary N) is 2. The van der Waals surface area contributed by atoms with Crippen molar-refractivity contribution in [3.63, 3.8) is 0 Å². The van der Waals surface area contributed by atoms with E-state index in [0.29, 0.717) is 16.7 Å². The molecule has 1 amide bonds. The summed E-state index contributed by atoms with van der Waals surface area (Å²) in [5.41, 5.74) is 1.41. The van der Waals surface area contributed by atoms with E-state index in [1.54, 1.807) is 24.3 Å². The summed E-state index contributed by atoms with van der Waals surface area (Å²) in [4.78, 5) is 11.7. The van der Waals surface area contributed by atoms with Crippen LogP contribution in [0.2, 0.25) is 0 Å². The highest BCUT2D eigenvalue weighted by Gasteiger charge is 2.10. The fraction of sp³-hybridized carbons (Fsp3) is 0.167. The normalized spacial score (nSPS) is 10.6. The largest absolute Gasteiger partial charge is 0.355 e. The smallest absolute Gasteiger partial charge is 0.252 e. The van der Waals surface area contributed by atoms with Gasteiger partial charge >= 0.3 is 0 Å². The minimum atomic E-state index is -3.59. The van der Waals surface area contributed by atoms with Crippen molar-refractivity contribution in [1.29, 1.82) is 0 Å². The van der Waals surface area contributed by atoms with Gasteiger partial charge in [-0.25, -0.2) is 17.5 Å². The Bertz CT molecular complexity index is 913. The molecule has 0 atom stereocenters. The van der Waals surface area contributed by atoms with E-state index in [9.17, 15) is 17.6 Å². The van der Waals surface area contributed by atoms with E-state index in [-0.39, 0.29) is 18.2 Å². The standard InChI is InChI=1S/C18H17FN2O3S/c1-20-18(22)17-7-3-2-5-15(17)6-4-12-21-25(23,24)13-14-8-10-16(19)11-9-14/h2-3,5,7-11,21H,12-13H2,1H3,(H,20,22). The van der Waals surface area contributed by atoms with Gasteiger partial charge in [0.05, 0.1) is 17.9 Å². The first-order chi connectivity index (χ1) is 11.9. The first-order valence-electron chi connectivity index (χ1n) is 7.43. The summed E-state index contributed by atoms with van der Waals surface area (Å²) >= 11 is 0. The van der Waals surface area contributed by atoms with E-state index >= 15 is 0 Å². The molecular weight excluding hydrogens is 343 g/mol. The second-order valence-electron chi connectivity index (χ2n) is 5.13. The Labute approximate surface area is 146 Å². The fourth-order valence-electron chi connectivity index (χ4n) is 2.06. The molecule has 0 radical (unpaired) electrons. The quantitative estimate of drug-likeness (QED) is 0.797. The van der Waals surface area contributed by atoms with E-state index in [4.69, 9.17) is 0 Å². The molecular formula is C18H17FN2O3S. The molecule has 2 aromatic rings. The van der Waals surface area contributed by atoms with Gasteiger partial charge in [-0.2, -0.15) is 0 Å². The molecule has 7 heteroatoms. The molecule has 0 spiro atoms. The minimum absolute atomic E-state index is 0.0917. The summed E-state index contributed by atoms with van der Waals surface area (Å²) in [6.45, 7) is -0.0917. The summed E-state index contributed by atoms with van der Waals surface area (Å²) in [6.07, 6.45) is 0. The Kier molecular flexibility index (Phi) is 6.28. The van der Waals surface area contributed by atoms with Crippen LogP contribution >= 0.6 is 0 Å². The average Bonchev–Trinajstić information content (AvgIpc) is 2.60. The number of carbonyl (C=O) groups excluding carboxylic acids is 1. The van der Waals surface area contributed by atoms with Crippen LogP contribution in [0.1, 0.15) is 21.5 Å². The molecule has 2 N–H and O–H groups in total. The molecule has 0 unspecified atom stereocenters. The van der Waals surface area contributed by atoms with Crippen molar-refractivity contribution < 1.29 is 17.6 Å². The average molecular weight is 360 g/mol. The Balaban J connectivity index is 2.00. The first kappa shape index (κ1) is 18.6. The predicted molar refractivity (Wildman–Crippen MR) is 93.7 cm³/mol. The van der Waals surface area contributed by atoms with Crippen molar-refractivity contribution in [3.05, 3.63) is 71.0 Å². The van der Waals surface area contributed by atoms with Crippen LogP contribution in [0.25, 0.3) is 0 Å². The van der Waals surface area contributed by atoms with Crippen LogP contribution in [0.15, 0.2) is 48.5 Å². The molecule has 130 valence electrons. The molecule has 0 heterocycles. The molecule has 0 bridgehead atoms. The summed E-state index contributed by atoms with van der Waals surface area (Å²) in [5, 5.41) is 2.52. The SMILES string of the molecule is CNC(=O)c1ccccc1C#CCNS(=O)(=O)Cc1ccc(F)cc1. The molecule has 0 aliphatic carbocycles. The topological polar surface area (TPSA) is 75.3 Å². The molecule has 2 rings (SSSR count). The first-order valence-corrected chi connectivity index (χ1v) is 9.08. The van der Waals surface area contributed by atoms with E-state index in [1.165, 1.54) is 31.3 Å². The van der Waals surface area contributed by atoms with Crippen molar-refractivity contribution in [2.45, 2.75) is 5.75 Å². The molecule has 25 heavy (non-hydrogen) atoms. The minimum Gasteiger partial charge on any atom is -0.355 e. The lowest BCUT2D eigenvalue weighted by atomic mass is 10.1. The summed E-state index contributed by atoms with van der Waals surface area (Å²) in [5.74, 6) is 4.53. The number of amides is 1. The van der Waals surface area contributed by atoms with Crippen LogP contribution < -0.4 is 10.0 Å². The number of benzene rings is 2. The van der Waals surface area contributed by atoms with E-state index in [2.05, 4.69) is 21.9 Å². The van der Waals surface area contributed by atoms with Crippen molar-refractivity contribution in [1.82, 2.24) is 10.0 Å².